The lowest BCUT2D eigenvalue weighted by molar-refractivity contribution is -0.140. The van der Waals surface area contributed by atoms with Crippen LogP contribution in [0.5, 0.6) is 0 Å². The lowest BCUT2D eigenvalue weighted by Gasteiger charge is -1.92. The summed E-state index contributed by atoms with van der Waals surface area (Å²) in [6, 6.07) is 0. The zero-order valence-electron chi connectivity index (χ0n) is 5.09. The first kappa shape index (κ1) is 8.31. The minimum absolute atomic E-state index is 0.266. The molecule has 0 bridgehead atoms. The van der Waals surface area contributed by atoms with E-state index in [0.29, 0.717) is 12.2 Å². The summed E-state index contributed by atoms with van der Waals surface area (Å²) in [7, 11) is 1.33. The fourth-order valence-electron chi connectivity index (χ4n) is 0.282. The highest BCUT2D eigenvalue weighted by Crippen LogP contribution is 1.98. The van der Waals surface area contributed by atoms with Crippen molar-refractivity contribution in [2.24, 2.45) is 0 Å². The number of hydrogen-bond donors (Lipinski definition) is 0. The molecule has 0 aliphatic carbocycles. The van der Waals surface area contributed by atoms with Crippen LogP contribution in [0.3, 0.4) is 0 Å². The third-order valence-electron chi connectivity index (χ3n) is 0.700. The van der Waals surface area contributed by atoms with Gasteiger partial charge < -0.3 is 4.74 Å². The van der Waals surface area contributed by atoms with Gasteiger partial charge in [-0.15, -0.1) is 0 Å². The van der Waals surface area contributed by atoms with Crippen molar-refractivity contribution < 1.29 is 9.53 Å². The van der Waals surface area contributed by atoms with Crippen LogP contribution in [-0.4, -0.2) is 18.8 Å². The Kier molecular flexibility index (Phi) is 5.03. The first-order valence-electron chi connectivity index (χ1n) is 2.39. The van der Waals surface area contributed by atoms with Crippen LogP contribution in [0.25, 0.3) is 0 Å². The largest absolute Gasteiger partial charge is 0.469 e. The van der Waals surface area contributed by atoms with E-state index in [-0.39, 0.29) is 5.97 Å². The van der Waals surface area contributed by atoms with Crippen molar-refractivity contribution in [1.82, 2.24) is 0 Å². The molecule has 0 aliphatic rings. The molecule has 50 valence electrons. The van der Waals surface area contributed by atoms with Gasteiger partial charge in [-0.05, 0) is 11.8 Å². The summed E-state index contributed by atoms with van der Waals surface area (Å²) in [6.07, 6.45) is 0.314. The zero-order valence-corrected chi connectivity index (χ0v) is 5.90. The van der Waals surface area contributed by atoms with Gasteiger partial charge in [0.2, 0.25) is 0 Å². The molecule has 0 aromatic carbocycles. The third kappa shape index (κ3) is 5.18. The Morgan fingerprint density at radius 3 is 3.00 bits per heavy atom. The van der Waals surface area contributed by atoms with Crippen molar-refractivity contribution in [2.45, 2.75) is 6.42 Å². The summed E-state index contributed by atoms with van der Waals surface area (Å²) < 4.78 is 4.34. The number of methoxy groups -OCH3 is 1. The standard InChI is InChI=1S/C5H7NO2S/c1-8-5(7)2-3-9-4-6/h2-3H2,1H3. The van der Waals surface area contributed by atoms with Crippen LogP contribution in [0, 0.1) is 10.7 Å². The summed E-state index contributed by atoms with van der Waals surface area (Å²) in [6.45, 7) is 0. The SMILES string of the molecule is COC(=O)CCSC#N. The predicted octanol–water partition coefficient (Wildman–Crippen LogP) is 0.764. The molecule has 0 rings (SSSR count). The molecule has 0 heterocycles. The molecule has 0 spiro atoms. The van der Waals surface area contributed by atoms with Crippen LogP contribution in [0.2, 0.25) is 0 Å². The molecule has 0 saturated heterocycles. The summed E-state index contributed by atoms with van der Waals surface area (Å²) in [5.74, 6) is 0.251. The summed E-state index contributed by atoms with van der Waals surface area (Å²) in [5.41, 5.74) is 0. The normalized spacial score (nSPS) is 8.00. The number of nitriles is 1. The van der Waals surface area contributed by atoms with Gasteiger partial charge in [-0.1, -0.05) is 0 Å². The molecule has 0 atom stereocenters. The van der Waals surface area contributed by atoms with Crippen LogP contribution in [0.15, 0.2) is 0 Å². The molecule has 0 saturated carbocycles. The first-order chi connectivity index (χ1) is 4.31. The van der Waals surface area contributed by atoms with Gasteiger partial charge in [0, 0.05) is 5.75 Å². The monoisotopic (exact) mass is 145 g/mol. The fraction of sp³-hybridized carbons (Fsp3) is 0.600. The number of nitrogens with zero attached hydrogens (tertiary/aromatic N) is 1. The van der Waals surface area contributed by atoms with E-state index in [1.807, 2.05) is 5.40 Å². The van der Waals surface area contributed by atoms with Crippen LogP contribution >= 0.6 is 11.8 Å². The van der Waals surface area contributed by atoms with E-state index in [1.54, 1.807) is 0 Å². The van der Waals surface area contributed by atoms with E-state index in [1.165, 1.54) is 7.11 Å². The Hall–Kier alpha value is -0.690. The molecule has 3 nitrogen and oxygen atoms in total. The molecule has 0 N–H and O–H groups in total. The number of thiocyanates is 1. The van der Waals surface area contributed by atoms with Gasteiger partial charge in [-0.25, -0.2) is 0 Å². The Balaban J connectivity index is 3.09. The van der Waals surface area contributed by atoms with Gasteiger partial charge in [-0.3, -0.25) is 4.79 Å². The van der Waals surface area contributed by atoms with Gasteiger partial charge in [0.05, 0.1) is 13.5 Å². The number of rotatable bonds is 3. The van der Waals surface area contributed by atoms with Crippen LogP contribution in [-0.2, 0) is 9.53 Å². The second-order valence-corrected chi connectivity index (χ2v) is 2.15. The Morgan fingerprint density at radius 2 is 2.56 bits per heavy atom. The third-order valence-corrected chi connectivity index (χ3v) is 1.24. The van der Waals surface area contributed by atoms with Gasteiger partial charge in [0.15, 0.2) is 0 Å². The Bertz CT molecular complexity index is 129. The topological polar surface area (TPSA) is 50.1 Å². The molecule has 0 aromatic rings. The highest BCUT2D eigenvalue weighted by Gasteiger charge is 1.97. The average molecular weight is 145 g/mol. The molecule has 0 unspecified atom stereocenters. The molecular formula is C5H7NO2S. The number of carbonyl (C=O) groups excluding carboxylic acids is 1. The smallest absolute Gasteiger partial charge is 0.306 e. The molecule has 0 aromatic heterocycles. The van der Waals surface area contributed by atoms with Crippen molar-refractivity contribution in [3.63, 3.8) is 0 Å². The lowest BCUT2D eigenvalue weighted by atomic mass is 10.5. The van der Waals surface area contributed by atoms with Gasteiger partial charge in [0.25, 0.3) is 0 Å². The van der Waals surface area contributed by atoms with E-state index < -0.39 is 0 Å². The van der Waals surface area contributed by atoms with Gasteiger partial charge in [0.1, 0.15) is 5.40 Å². The van der Waals surface area contributed by atoms with Crippen molar-refractivity contribution in [3.8, 4) is 5.40 Å². The number of hydrogen-bond acceptors (Lipinski definition) is 4. The maximum Gasteiger partial charge on any atom is 0.306 e. The molecule has 0 amide bonds. The second kappa shape index (κ2) is 5.45. The van der Waals surface area contributed by atoms with E-state index >= 15 is 0 Å². The molecule has 0 radical (unpaired) electrons. The van der Waals surface area contributed by atoms with E-state index in [0.717, 1.165) is 11.8 Å². The summed E-state index contributed by atoms with van der Waals surface area (Å²) in [4.78, 5) is 10.3. The molecule has 4 heteroatoms. The second-order valence-electron chi connectivity index (χ2n) is 1.27. The number of ether oxygens (including phenoxy) is 1. The highest BCUT2D eigenvalue weighted by atomic mass is 32.2. The molecule has 0 fully saturated rings. The van der Waals surface area contributed by atoms with Crippen LogP contribution < -0.4 is 0 Å². The van der Waals surface area contributed by atoms with Crippen molar-refractivity contribution in [1.29, 1.82) is 5.26 Å². The van der Waals surface area contributed by atoms with Gasteiger partial charge in [-0.2, -0.15) is 5.26 Å². The zero-order chi connectivity index (χ0) is 7.11. The van der Waals surface area contributed by atoms with Crippen LogP contribution in [0.4, 0.5) is 0 Å². The highest BCUT2D eigenvalue weighted by molar-refractivity contribution is 8.03. The number of esters is 1. The van der Waals surface area contributed by atoms with E-state index in [9.17, 15) is 4.79 Å². The molecule has 9 heavy (non-hydrogen) atoms. The average Bonchev–Trinajstić information content (AvgIpc) is 1.89. The van der Waals surface area contributed by atoms with E-state index in [4.69, 9.17) is 5.26 Å². The Morgan fingerprint density at radius 1 is 1.89 bits per heavy atom. The van der Waals surface area contributed by atoms with Gasteiger partial charge >= 0.3 is 5.97 Å². The quantitative estimate of drug-likeness (QED) is 0.334. The minimum Gasteiger partial charge on any atom is -0.469 e. The number of carbonyl (C=O) groups is 1. The minimum atomic E-state index is -0.266. The predicted molar refractivity (Wildman–Crippen MR) is 34.7 cm³/mol. The fourth-order valence-corrected chi connectivity index (χ4v) is 0.642. The molecule has 0 aliphatic heterocycles. The van der Waals surface area contributed by atoms with E-state index in [2.05, 4.69) is 4.74 Å². The maximum absolute atomic E-state index is 10.3. The summed E-state index contributed by atoms with van der Waals surface area (Å²) >= 11 is 1.06. The maximum atomic E-state index is 10.3. The van der Waals surface area contributed by atoms with Crippen molar-refractivity contribution >= 4 is 17.7 Å². The Labute approximate surface area is 58.0 Å². The van der Waals surface area contributed by atoms with Crippen molar-refractivity contribution in [3.05, 3.63) is 0 Å². The van der Waals surface area contributed by atoms with Crippen LogP contribution in [0.1, 0.15) is 6.42 Å². The summed E-state index contributed by atoms with van der Waals surface area (Å²) in [5, 5.41) is 9.87. The number of thioether (sulfide) groups is 1. The van der Waals surface area contributed by atoms with Crippen molar-refractivity contribution in [2.75, 3.05) is 12.9 Å². The molecular weight excluding hydrogens is 138 g/mol. The first-order valence-corrected chi connectivity index (χ1v) is 3.37. The lowest BCUT2D eigenvalue weighted by Crippen LogP contribution is -2.00.